The van der Waals surface area contributed by atoms with Gasteiger partial charge in [0.15, 0.2) is 0 Å². The fourth-order valence-electron chi connectivity index (χ4n) is 3.52. The third-order valence-electron chi connectivity index (χ3n) is 4.72. The van der Waals surface area contributed by atoms with Gasteiger partial charge in [0, 0.05) is 11.6 Å². The van der Waals surface area contributed by atoms with Crippen molar-refractivity contribution in [3.8, 4) is 0 Å². The average molecular weight is 356 g/mol. The molecule has 2 nitrogen and oxygen atoms in total. The zero-order valence-electron chi connectivity index (χ0n) is 15.0. The zero-order valence-corrected chi connectivity index (χ0v) is 15.8. The van der Waals surface area contributed by atoms with E-state index in [1.165, 1.54) is 10.8 Å². The molecule has 1 N–H and O–H groups in total. The van der Waals surface area contributed by atoms with Gasteiger partial charge in [-0.15, -0.1) is 0 Å². The van der Waals surface area contributed by atoms with E-state index in [1.807, 2.05) is 24.3 Å². The number of fused-ring (bicyclic) bond motifs is 3. The highest BCUT2D eigenvalue weighted by Crippen LogP contribution is 2.30. The number of nitrogens with zero attached hydrogens (tertiary/aromatic N) is 1. The maximum Gasteiger partial charge on any atom is 0.0917 e. The number of aliphatic hydroxyl groups is 1. The van der Waals surface area contributed by atoms with Gasteiger partial charge in [-0.05, 0) is 71.2 Å². The molecule has 0 aliphatic heterocycles. The molecular formula is C22H26ClNO. The van der Waals surface area contributed by atoms with Crippen molar-refractivity contribution in [3.05, 3.63) is 59.1 Å². The van der Waals surface area contributed by atoms with Gasteiger partial charge in [-0.1, -0.05) is 55.8 Å². The smallest absolute Gasteiger partial charge is 0.0917 e. The summed E-state index contributed by atoms with van der Waals surface area (Å²) >= 11 is 6.20. The van der Waals surface area contributed by atoms with Gasteiger partial charge < -0.3 is 10.0 Å². The van der Waals surface area contributed by atoms with E-state index in [9.17, 15) is 5.11 Å². The van der Waals surface area contributed by atoms with Gasteiger partial charge in [0.2, 0.25) is 0 Å². The van der Waals surface area contributed by atoms with E-state index in [0.29, 0.717) is 6.54 Å². The molecular weight excluding hydrogens is 330 g/mol. The van der Waals surface area contributed by atoms with Gasteiger partial charge in [0.05, 0.1) is 6.10 Å². The molecule has 0 saturated carbocycles. The third-order valence-corrected chi connectivity index (χ3v) is 4.96. The lowest BCUT2D eigenvalue weighted by atomic mass is 9.98. The van der Waals surface area contributed by atoms with Crippen LogP contribution < -0.4 is 0 Å². The highest BCUT2D eigenvalue weighted by atomic mass is 35.5. The molecule has 0 fully saturated rings. The van der Waals surface area contributed by atoms with Crippen LogP contribution in [0.2, 0.25) is 5.02 Å². The SMILES string of the molecule is CCCN(CCC)C[C@H](O)c1ccc2ccc3ccc(Cl)cc3c2c1. The van der Waals surface area contributed by atoms with Crippen molar-refractivity contribution in [2.75, 3.05) is 19.6 Å². The Morgan fingerprint density at radius 1 is 0.880 bits per heavy atom. The van der Waals surface area contributed by atoms with Crippen molar-refractivity contribution in [3.63, 3.8) is 0 Å². The molecule has 3 aromatic rings. The average Bonchev–Trinajstić information content (AvgIpc) is 2.61. The molecule has 0 aliphatic carbocycles. The summed E-state index contributed by atoms with van der Waals surface area (Å²) in [6.07, 6.45) is 1.73. The normalized spacial score (nSPS) is 13.0. The first-order valence-corrected chi connectivity index (χ1v) is 9.52. The quantitative estimate of drug-likeness (QED) is 0.541. The molecule has 0 unspecified atom stereocenters. The van der Waals surface area contributed by atoms with Crippen LogP contribution in [0.3, 0.4) is 0 Å². The van der Waals surface area contributed by atoms with Crippen LogP contribution in [0, 0.1) is 0 Å². The van der Waals surface area contributed by atoms with E-state index in [2.05, 4.69) is 43.0 Å². The summed E-state index contributed by atoms with van der Waals surface area (Å²) in [7, 11) is 0. The second kappa shape index (κ2) is 8.18. The lowest BCUT2D eigenvalue weighted by Gasteiger charge is -2.24. The first-order chi connectivity index (χ1) is 12.1. The minimum atomic E-state index is -0.475. The summed E-state index contributed by atoms with van der Waals surface area (Å²) in [6.45, 7) is 7.09. The van der Waals surface area contributed by atoms with Crippen LogP contribution in [0.15, 0.2) is 48.5 Å². The summed E-state index contributed by atoms with van der Waals surface area (Å²) in [4.78, 5) is 2.34. The monoisotopic (exact) mass is 355 g/mol. The number of hydrogen-bond donors (Lipinski definition) is 1. The van der Waals surface area contributed by atoms with E-state index >= 15 is 0 Å². The standard InChI is InChI=1S/C22H26ClNO/c1-3-11-24(12-4-2)15-22(25)18-8-7-16-5-6-17-9-10-19(23)14-21(17)20(16)13-18/h5-10,13-14,22,25H,3-4,11-12,15H2,1-2H3/t22-/m0/s1. The Morgan fingerprint density at radius 2 is 1.44 bits per heavy atom. The minimum Gasteiger partial charge on any atom is -0.387 e. The predicted molar refractivity (Wildman–Crippen MR) is 108 cm³/mol. The van der Waals surface area contributed by atoms with Crippen LogP contribution in [-0.2, 0) is 0 Å². The molecule has 0 saturated heterocycles. The molecule has 0 aliphatic rings. The number of halogens is 1. The van der Waals surface area contributed by atoms with Crippen molar-refractivity contribution in [1.29, 1.82) is 0 Å². The molecule has 25 heavy (non-hydrogen) atoms. The van der Waals surface area contributed by atoms with Crippen molar-refractivity contribution in [2.45, 2.75) is 32.8 Å². The second-order valence-corrected chi connectivity index (χ2v) is 7.16. The minimum absolute atomic E-state index is 0.475. The van der Waals surface area contributed by atoms with Gasteiger partial charge in [-0.2, -0.15) is 0 Å². The summed E-state index contributed by atoms with van der Waals surface area (Å²) in [6, 6.07) is 16.5. The van der Waals surface area contributed by atoms with Gasteiger partial charge >= 0.3 is 0 Å². The highest BCUT2D eigenvalue weighted by molar-refractivity contribution is 6.31. The van der Waals surface area contributed by atoms with Gasteiger partial charge in [-0.3, -0.25) is 0 Å². The van der Waals surface area contributed by atoms with E-state index in [0.717, 1.165) is 47.3 Å². The van der Waals surface area contributed by atoms with Crippen molar-refractivity contribution in [1.82, 2.24) is 4.90 Å². The van der Waals surface area contributed by atoms with Gasteiger partial charge in [-0.25, -0.2) is 0 Å². The highest BCUT2D eigenvalue weighted by Gasteiger charge is 2.14. The molecule has 3 aromatic carbocycles. The van der Waals surface area contributed by atoms with Crippen molar-refractivity contribution >= 4 is 33.1 Å². The summed E-state index contributed by atoms with van der Waals surface area (Å²) in [5.74, 6) is 0. The molecule has 0 amide bonds. The summed E-state index contributed by atoms with van der Waals surface area (Å²) < 4.78 is 0. The molecule has 3 rings (SSSR count). The van der Waals surface area contributed by atoms with Crippen molar-refractivity contribution < 1.29 is 5.11 Å². The fourth-order valence-corrected chi connectivity index (χ4v) is 3.70. The van der Waals surface area contributed by atoms with E-state index in [1.54, 1.807) is 0 Å². The molecule has 0 spiro atoms. The Balaban J connectivity index is 1.96. The fraction of sp³-hybridized carbons (Fsp3) is 0.364. The predicted octanol–water partition coefficient (Wildman–Crippen LogP) is 5.80. The Labute approximate surface area is 155 Å². The van der Waals surface area contributed by atoms with Crippen LogP contribution in [0.4, 0.5) is 0 Å². The van der Waals surface area contributed by atoms with Crippen LogP contribution in [0.1, 0.15) is 38.4 Å². The van der Waals surface area contributed by atoms with Crippen LogP contribution in [0.25, 0.3) is 21.5 Å². The Bertz CT molecular complexity index is 855. The first kappa shape index (κ1) is 18.2. The maximum atomic E-state index is 10.8. The number of aliphatic hydroxyl groups excluding tert-OH is 1. The van der Waals surface area contributed by atoms with E-state index in [-0.39, 0.29) is 0 Å². The number of rotatable bonds is 7. The topological polar surface area (TPSA) is 23.5 Å². The van der Waals surface area contributed by atoms with Crippen LogP contribution in [-0.4, -0.2) is 29.6 Å². The molecule has 0 aromatic heterocycles. The Morgan fingerprint density at radius 3 is 2.08 bits per heavy atom. The van der Waals surface area contributed by atoms with E-state index in [4.69, 9.17) is 11.6 Å². The summed E-state index contributed by atoms with van der Waals surface area (Å²) in [5.41, 5.74) is 0.970. The summed E-state index contributed by atoms with van der Waals surface area (Å²) in [5, 5.41) is 16.1. The Hall–Kier alpha value is -1.61. The second-order valence-electron chi connectivity index (χ2n) is 6.73. The van der Waals surface area contributed by atoms with Crippen LogP contribution >= 0.6 is 11.6 Å². The lowest BCUT2D eigenvalue weighted by molar-refractivity contribution is 0.113. The van der Waals surface area contributed by atoms with Crippen molar-refractivity contribution in [2.24, 2.45) is 0 Å². The lowest BCUT2D eigenvalue weighted by Crippen LogP contribution is -2.30. The third kappa shape index (κ3) is 4.14. The maximum absolute atomic E-state index is 10.8. The number of benzene rings is 3. The van der Waals surface area contributed by atoms with E-state index < -0.39 is 6.10 Å². The number of hydrogen-bond acceptors (Lipinski definition) is 2. The zero-order chi connectivity index (χ0) is 17.8. The molecule has 3 heteroatoms. The molecule has 0 bridgehead atoms. The Kier molecular flexibility index (Phi) is 5.95. The molecule has 0 heterocycles. The van der Waals surface area contributed by atoms with Crippen LogP contribution in [0.5, 0.6) is 0 Å². The first-order valence-electron chi connectivity index (χ1n) is 9.14. The van der Waals surface area contributed by atoms with Gasteiger partial charge in [0.1, 0.15) is 0 Å². The van der Waals surface area contributed by atoms with Gasteiger partial charge in [0.25, 0.3) is 0 Å². The molecule has 0 radical (unpaired) electrons. The molecule has 132 valence electrons. The molecule has 1 atom stereocenters. The largest absolute Gasteiger partial charge is 0.387 e.